The van der Waals surface area contributed by atoms with Gasteiger partial charge in [-0.3, -0.25) is 9.97 Å². The molecule has 11 aromatic rings. The fraction of sp³-hybridized carbons (Fsp3) is 0.0545. The molecule has 0 saturated heterocycles. The topological polar surface area (TPSA) is 30.7 Å². The molecule has 3 heteroatoms. The number of aromatic nitrogens is 3. The highest BCUT2D eigenvalue weighted by Gasteiger charge is 2.36. The summed E-state index contributed by atoms with van der Waals surface area (Å²) in [6.45, 7) is 4.75. The molecule has 0 radical (unpaired) electrons. The minimum Gasteiger partial charge on any atom is -0.309 e. The van der Waals surface area contributed by atoms with E-state index < -0.39 is 0 Å². The molecule has 0 bridgehead atoms. The van der Waals surface area contributed by atoms with E-state index in [-0.39, 0.29) is 5.41 Å². The van der Waals surface area contributed by atoms with Gasteiger partial charge in [-0.15, -0.1) is 0 Å². The van der Waals surface area contributed by atoms with Crippen LogP contribution in [0.5, 0.6) is 0 Å². The number of hydrogen-bond acceptors (Lipinski definition) is 2. The number of fused-ring (bicyclic) bond motifs is 12. The third-order valence-electron chi connectivity index (χ3n) is 12.7. The maximum absolute atomic E-state index is 4.79. The Kier molecular flexibility index (Phi) is 6.98. The second kappa shape index (κ2) is 12.3. The summed E-state index contributed by atoms with van der Waals surface area (Å²) in [7, 11) is 0. The van der Waals surface area contributed by atoms with Crippen molar-refractivity contribution in [2.24, 2.45) is 0 Å². The predicted molar refractivity (Wildman–Crippen MR) is 243 cm³/mol. The van der Waals surface area contributed by atoms with Crippen molar-refractivity contribution in [2.75, 3.05) is 0 Å². The average molecular weight is 740 g/mol. The highest BCUT2D eigenvalue weighted by Crippen LogP contribution is 2.51. The number of nitrogens with zero attached hydrogens (tertiary/aromatic N) is 3. The van der Waals surface area contributed by atoms with Crippen LogP contribution in [-0.2, 0) is 5.41 Å². The first-order valence-corrected chi connectivity index (χ1v) is 20.1. The molecule has 3 nitrogen and oxygen atoms in total. The van der Waals surface area contributed by atoms with E-state index in [4.69, 9.17) is 9.97 Å². The standard InChI is InChI=1S/C55H37N3/c1-55(2)49-31-37(35-18-16-34(17-19-35)36-20-24-42-41-12-6-7-14-47(41)53-54(48(42)30-36)57-29-28-56-53)21-25-43(49)44-26-22-38(32-50(44)55)39-23-27-46-45-13-8-9-15-51(45)58(52(46)33-39)40-10-4-3-5-11-40/h3-33H,1-2H3. The molecule has 2 heterocycles. The zero-order chi connectivity index (χ0) is 38.5. The number of rotatable bonds is 4. The summed E-state index contributed by atoms with van der Waals surface area (Å²) in [6, 6.07) is 64.8. The van der Waals surface area contributed by atoms with Crippen molar-refractivity contribution >= 4 is 54.4 Å². The van der Waals surface area contributed by atoms with Gasteiger partial charge >= 0.3 is 0 Å². The van der Waals surface area contributed by atoms with Gasteiger partial charge in [-0.05, 0) is 109 Å². The summed E-state index contributed by atoms with van der Waals surface area (Å²) in [5.41, 5.74) is 18.0. The van der Waals surface area contributed by atoms with Crippen molar-refractivity contribution in [3.8, 4) is 50.2 Å². The average Bonchev–Trinajstić information content (AvgIpc) is 3.73. The molecule has 9 aromatic carbocycles. The Bertz CT molecular complexity index is 3430. The summed E-state index contributed by atoms with van der Waals surface area (Å²) in [5, 5.41) is 7.21. The van der Waals surface area contributed by atoms with Gasteiger partial charge in [0.25, 0.3) is 0 Å². The summed E-state index contributed by atoms with van der Waals surface area (Å²) < 4.78 is 2.40. The summed E-state index contributed by atoms with van der Waals surface area (Å²) in [4.78, 5) is 9.53. The molecule has 1 aliphatic rings. The van der Waals surface area contributed by atoms with Crippen molar-refractivity contribution in [1.82, 2.24) is 14.5 Å². The van der Waals surface area contributed by atoms with E-state index in [1.165, 1.54) is 93.9 Å². The van der Waals surface area contributed by atoms with Crippen molar-refractivity contribution in [3.63, 3.8) is 0 Å². The Labute approximate surface area is 336 Å². The molecule has 0 aliphatic heterocycles. The lowest BCUT2D eigenvalue weighted by atomic mass is 9.81. The largest absolute Gasteiger partial charge is 0.309 e. The van der Waals surface area contributed by atoms with Crippen molar-refractivity contribution in [2.45, 2.75) is 19.3 Å². The fourth-order valence-electron chi connectivity index (χ4n) is 9.77. The maximum Gasteiger partial charge on any atom is 0.0971 e. The third kappa shape index (κ3) is 4.80. The van der Waals surface area contributed by atoms with Crippen LogP contribution >= 0.6 is 0 Å². The van der Waals surface area contributed by atoms with E-state index in [1.54, 1.807) is 12.4 Å². The molecule has 0 spiro atoms. The Balaban J connectivity index is 0.888. The summed E-state index contributed by atoms with van der Waals surface area (Å²) in [5.74, 6) is 0. The molecule has 1 aliphatic carbocycles. The lowest BCUT2D eigenvalue weighted by Gasteiger charge is -2.22. The molecule has 272 valence electrons. The lowest BCUT2D eigenvalue weighted by molar-refractivity contribution is 0.661. The number of para-hydroxylation sites is 2. The van der Waals surface area contributed by atoms with Crippen LogP contribution in [0.15, 0.2) is 188 Å². The molecular weight excluding hydrogens is 703 g/mol. The summed E-state index contributed by atoms with van der Waals surface area (Å²) >= 11 is 0. The van der Waals surface area contributed by atoms with Gasteiger partial charge in [0, 0.05) is 45.0 Å². The number of hydrogen-bond donors (Lipinski definition) is 0. The van der Waals surface area contributed by atoms with Crippen molar-refractivity contribution in [3.05, 3.63) is 199 Å². The first-order chi connectivity index (χ1) is 28.5. The van der Waals surface area contributed by atoms with E-state index in [0.717, 1.165) is 21.8 Å². The molecule has 0 saturated carbocycles. The summed E-state index contributed by atoms with van der Waals surface area (Å²) in [6.07, 6.45) is 3.58. The van der Waals surface area contributed by atoms with Gasteiger partial charge in [-0.25, -0.2) is 0 Å². The van der Waals surface area contributed by atoms with Gasteiger partial charge in [-0.2, -0.15) is 0 Å². The van der Waals surface area contributed by atoms with Crippen LogP contribution in [0.2, 0.25) is 0 Å². The SMILES string of the molecule is CC1(C)c2cc(-c3ccc(-c4ccc5c6ccccc6c6nccnc6c5c4)cc3)ccc2-c2ccc(-c3ccc4c5ccccc5n(-c5ccccc5)c4c3)cc21. The predicted octanol–water partition coefficient (Wildman–Crippen LogP) is 14.3. The minimum atomic E-state index is -0.152. The van der Waals surface area contributed by atoms with Crippen molar-refractivity contribution in [1.29, 1.82) is 0 Å². The molecular formula is C55H37N3. The van der Waals surface area contributed by atoms with Crippen molar-refractivity contribution < 1.29 is 0 Å². The van der Waals surface area contributed by atoms with E-state index >= 15 is 0 Å². The normalized spacial score (nSPS) is 13.1. The van der Waals surface area contributed by atoms with Gasteiger partial charge in [0.05, 0.1) is 22.1 Å². The Morgan fingerprint density at radius 1 is 0.362 bits per heavy atom. The second-order valence-corrected chi connectivity index (χ2v) is 16.2. The van der Waals surface area contributed by atoms with E-state index in [1.807, 2.05) is 0 Å². The first-order valence-electron chi connectivity index (χ1n) is 20.1. The van der Waals surface area contributed by atoms with Crippen LogP contribution < -0.4 is 0 Å². The highest BCUT2D eigenvalue weighted by atomic mass is 15.0. The Morgan fingerprint density at radius 2 is 0.828 bits per heavy atom. The van der Waals surface area contributed by atoms with Crippen LogP contribution in [0.4, 0.5) is 0 Å². The van der Waals surface area contributed by atoms with Crippen LogP contribution in [0.1, 0.15) is 25.0 Å². The zero-order valence-corrected chi connectivity index (χ0v) is 32.2. The maximum atomic E-state index is 4.79. The van der Waals surface area contributed by atoms with Crippen LogP contribution in [0.3, 0.4) is 0 Å². The molecule has 0 amide bonds. The molecule has 0 atom stereocenters. The highest BCUT2D eigenvalue weighted by molar-refractivity contribution is 6.23. The van der Waals surface area contributed by atoms with Gasteiger partial charge in [0.15, 0.2) is 0 Å². The van der Waals surface area contributed by atoms with Gasteiger partial charge < -0.3 is 4.57 Å². The van der Waals surface area contributed by atoms with Gasteiger partial charge in [0.1, 0.15) is 0 Å². The number of benzene rings is 9. The minimum absolute atomic E-state index is 0.152. The Morgan fingerprint density at radius 3 is 1.52 bits per heavy atom. The van der Waals surface area contributed by atoms with Crippen LogP contribution in [0.25, 0.3) is 105 Å². The smallest absolute Gasteiger partial charge is 0.0971 e. The fourth-order valence-corrected chi connectivity index (χ4v) is 9.77. The van der Waals surface area contributed by atoms with E-state index in [2.05, 4.69) is 194 Å². The monoisotopic (exact) mass is 739 g/mol. The molecule has 0 N–H and O–H groups in total. The molecule has 58 heavy (non-hydrogen) atoms. The van der Waals surface area contributed by atoms with E-state index in [9.17, 15) is 0 Å². The molecule has 2 aromatic heterocycles. The van der Waals surface area contributed by atoms with Crippen LogP contribution in [-0.4, -0.2) is 14.5 Å². The molecule has 12 rings (SSSR count). The first kappa shape index (κ1) is 32.8. The van der Waals surface area contributed by atoms with Crippen LogP contribution in [0, 0.1) is 0 Å². The molecule has 0 fully saturated rings. The quantitative estimate of drug-likeness (QED) is 0.168. The van der Waals surface area contributed by atoms with Gasteiger partial charge in [0.2, 0.25) is 0 Å². The molecule has 0 unspecified atom stereocenters. The zero-order valence-electron chi connectivity index (χ0n) is 32.2. The van der Waals surface area contributed by atoms with Gasteiger partial charge in [-0.1, -0.05) is 147 Å². The second-order valence-electron chi connectivity index (χ2n) is 16.2. The lowest BCUT2D eigenvalue weighted by Crippen LogP contribution is -2.15. The third-order valence-corrected chi connectivity index (χ3v) is 12.7. The Hall–Kier alpha value is -7.36. The van der Waals surface area contributed by atoms with E-state index in [0.29, 0.717) is 0 Å².